The quantitative estimate of drug-likeness (QED) is 0.413. The van der Waals surface area contributed by atoms with Crippen LogP contribution in [-0.4, -0.2) is 15.5 Å². The maximum Gasteiger partial charge on any atom is 0.262 e. The standard InChI is InChI=1S/C21H18N4O3/c1-2-25-20(27)16-8-4-5-9-17(16)22-21(25)24-23-19(26)12-11-15-13-14-7-3-6-10-18(14)28-15/h3-13H,2H2,1H3,(H,22,24)(H,23,26)/b12-11+. The van der Waals surface area contributed by atoms with Crippen LogP contribution in [0.4, 0.5) is 5.95 Å². The van der Waals surface area contributed by atoms with E-state index in [4.69, 9.17) is 4.42 Å². The Bertz CT molecular complexity index is 1220. The molecule has 0 aliphatic heterocycles. The molecule has 1 amide bonds. The average molecular weight is 374 g/mol. The highest BCUT2D eigenvalue weighted by molar-refractivity contribution is 5.92. The molecule has 0 aliphatic carbocycles. The first-order valence-electron chi connectivity index (χ1n) is 8.88. The molecule has 2 aromatic heterocycles. The van der Waals surface area contributed by atoms with Crippen molar-refractivity contribution in [3.05, 3.63) is 76.8 Å². The number of carbonyl (C=O) groups excluding carboxylic acids is 1. The van der Waals surface area contributed by atoms with E-state index in [2.05, 4.69) is 15.8 Å². The first-order valence-corrected chi connectivity index (χ1v) is 8.88. The fraction of sp³-hybridized carbons (Fsp3) is 0.0952. The molecule has 7 heteroatoms. The molecule has 0 unspecified atom stereocenters. The molecule has 140 valence electrons. The van der Waals surface area contributed by atoms with Crippen LogP contribution in [0.2, 0.25) is 0 Å². The van der Waals surface area contributed by atoms with E-state index < -0.39 is 5.91 Å². The molecule has 28 heavy (non-hydrogen) atoms. The first-order chi connectivity index (χ1) is 13.7. The van der Waals surface area contributed by atoms with Gasteiger partial charge < -0.3 is 4.42 Å². The van der Waals surface area contributed by atoms with E-state index in [1.807, 2.05) is 43.3 Å². The van der Waals surface area contributed by atoms with E-state index in [0.29, 0.717) is 23.2 Å². The molecule has 4 aromatic rings. The minimum atomic E-state index is -0.398. The molecule has 0 bridgehead atoms. The van der Waals surface area contributed by atoms with Gasteiger partial charge in [0.25, 0.3) is 11.5 Å². The van der Waals surface area contributed by atoms with Crippen LogP contribution in [0.1, 0.15) is 12.7 Å². The van der Waals surface area contributed by atoms with E-state index in [1.165, 1.54) is 10.6 Å². The van der Waals surface area contributed by atoms with Crippen LogP contribution in [0.5, 0.6) is 0 Å². The van der Waals surface area contributed by atoms with E-state index in [9.17, 15) is 9.59 Å². The second-order valence-electron chi connectivity index (χ2n) is 6.14. The Morgan fingerprint density at radius 3 is 2.79 bits per heavy atom. The van der Waals surface area contributed by atoms with Crippen LogP contribution in [0.15, 0.2) is 69.9 Å². The fourth-order valence-corrected chi connectivity index (χ4v) is 2.96. The van der Waals surface area contributed by atoms with Gasteiger partial charge in [-0.3, -0.25) is 25.0 Å². The van der Waals surface area contributed by atoms with Crippen molar-refractivity contribution in [3.63, 3.8) is 0 Å². The number of hydrogen-bond donors (Lipinski definition) is 2. The summed E-state index contributed by atoms with van der Waals surface area (Å²) in [6, 6.07) is 16.6. The maximum atomic E-state index is 12.6. The molecule has 2 aromatic carbocycles. The molecular formula is C21H18N4O3. The second-order valence-corrected chi connectivity index (χ2v) is 6.14. The highest BCUT2D eigenvalue weighted by atomic mass is 16.3. The number of aromatic nitrogens is 2. The number of amides is 1. The third kappa shape index (κ3) is 3.37. The topological polar surface area (TPSA) is 89.2 Å². The third-order valence-electron chi connectivity index (χ3n) is 4.32. The predicted molar refractivity (Wildman–Crippen MR) is 109 cm³/mol. The van der Waals surface area contributed by atoms with Crippen molar-refractivity contribution in [2.45, 2.75) is 13.5 Å². The summed E-state index contributed by atoms with van der Waals surface area (Å²) in [6.07, 6.45) is 2.93. The predicted octanol–water partition coefficient (Wildman–Crippen LogP) is 3.32. The number of fused-ring (bicyclic) bond motifs is 2. The lowest BCUT2D eigenvalue weighted by atomic mass is 10.2. The third-order valence-corrected chi connectivity index (χ3v) is 4.32. The number of rotatable bonds is 5. The summed E-state index contributed by atoms with van der Waals surface area (Å²) in [7, 11) is 0. The average Bonchev–Trinajstić information content (AvgIpc) is 3.14. The Morgan fingerprint density at radius 1 is 1.18 bits per heavy atom. The molecule has 0 spiro atoms. The molecule has 0 fully saturated rings. The van der Waals surface area contributed by atoms with Gasteiger partial charge in [0.2, 0.25) is 5.95 Å². The van der Waals surface area contributed by atoms with E-state index >= 15 is 0 Å². The Labute approximate surface area is 160 Å². The van der Waals surface area contributed by atoms with Gasteiger partial charge in [-0.05, 0) is 37.3 Å². The van der Waals surface area contributed by atoms with Crippen molar-refractivity contribution in [2.75, 3.05) is 5.43 Å². The van der Waals surface area contributed by atoms with Crippen LogP contribution in [0.3, 0.4) is 0 Å². The summed E-state index contributed by atoms with van der Waals surface area (Å²) in [5.41, 5.74) is 6.42. The van der Waals surface area contributed by atoms with E-state index in [1.54, 1.807) is 24.3 Å². The van der Waals surface area contributed by atoms with Gasteiger partial charge in [-0.1, -0.05) is 30.3 Å². The highest BCUT2D eigenvalue weighted by Crippen LogP contribution is 2.19. The molecule has 2 N–H and O–H groups in total. The summed E-state index contributed by atoms with van der Waals surface area (Å²) in [5.74, 6) is 0.452. The van der Waals surface area contributed by atoms with Gasteiger partial charge in [0, 0.05) is 18.0 Å². The number of hydrogen-bond acceptors (Lipinski definition) is 5. The summed E-state index contributed by atoms with van der Waals surface area (Å²) in [5, 5.41) is 1.50. The van der Waals surface area contributed by atoms with Crippen LogP contribution in [0, 0.1) is 0 Å². The van der Waals surface area contributed by atoms with Crippen molar-refractivity contribution in [1.82, 2.24) is 15.0 Å². The lowest BCUT2D eigenvalue weighted by molar-refractivity contribution is -0.116. The lowest BCUT2D eigenvalue weighted by Crippen LogP contribution is -2.33. The van der Waals surface area contributed by atoms with Crippen LogP contribution in [-0.2, 0) is 11.3 Å². The molecule has 0 atom stereocenters. The van der Waals surface area contributed by atoms with Gasteiger partial charge in [-0.2, -0.15) is 0 Å². The zero-order valence-corrected chi connectivity index (χ0v) is 15.2. The largest absolute Gasteiger partial charge is 0.457 e. The number of nitrogens with zero attached hydrogens (tertiary/aromatic N) is 2. The SMILES string of the molecule is CCn1c(NNC(=O)/C=C/c2cc3ccccc3o2)nc2ccccc2c1=O. The normalized spacial score (nSPS) is 11.3. The zero-order chi connectivity index (χ0) is 19.5. The summed E-state index contributed by atoms with van der Waals surface area (Å²) >= 11 is 0. The molecular weight excluding hydrogens is 356 g/mol. The molecule has 2 heterocycles. The number of carbonyl (C=O) groups is 1. The van der Waals surface area contributed by atoms with Crippen LogP contribution < -0.4 is 16.4 Å². The fourth-order valence-electron chi connectivity index (χ4n) is 2.96. The summed E-state index contributed by atoms with van der Waals surface area (Å²) in [4.78, 5) is 29.1. The monoisotopic (exact) mass is 374 g/mol. The molecule has 4 rings (SSSR count). The van der Waals surface area contributed by atoms with Crippen molar-refractivity contribution >= 4 is 39.8 Å². The van der Waals surface area contributed by atoms with Gasteiger partial charge in [0.15, 0.2) is 0 Å². The number of hydrazine groups is 1. The van der Waals surface area contributed by atoms with Gasteiger partial charge >= 0.3 is 0 Å². The molecule has 7 nitrogen and oxygen atoms in total. The van der Waals surface area contributed by atoms with Gasteiger partial charge in [0.1, 0.15) is 11.3 Å². The smallest absolute Gasteiger partial charge is 0.262 e. The highest BCUT2D eigenvalue weighted by Gasteiger charge is 2.09. The number of para-hydroxylation sites is 2. The van der Waals surface area contributed by atoms with E-state index in [-0.39, 0.29) is 11.5 Å². The number of benzene rings is 2. The molecule has 0 radical (unpaired) electrons. The second kappa shape index (κ2) is 7.40. The van der Waals surface area contributed by atoms with Gasteiger partial charge in [0.05, 0.1) is 10.9 Å². The minimum Gasteiger partial charge on any atom is -0.457 e. The lowest BCUT2D eigenvalue weighted by Gasteiger charge is -2.13. The molecule has 0 aliphatic rings. The van der Waals surface area contributed by atoms with Crippen LogP contribution >= 0.6 is 0 Å². The molecule has 0 saturated carbocycles. The minimum absolute atomic E-state index is 0.164. The summed E-state index contributed by atoms with van der Waals surface area (Å²) in [6.45, 7) is 2.26. The van der Waals surface area contributed by atoms with Gasteiger partial charge in [-0.25, -0.2) is 4.98 Å². The number of nitrogens with one attached hydrogen (secondary N) is 2. The van der Waals surface area contributed by atoms with Gasteiger partial charge in [-0.15, -0.1) is 0 Å². The van der Waals surface area contributed by atoms with Crippen LogP contribution in [0.25, 0.3) is 27.9 Å². The van der Waals surface area contributed by atoms with Crippen molar-refractivity contribution in [2.24, 2.45) is 0 Å². The van der Waals surface area contributed by atoms with Crippen molar-refractivity contribution in [1.29, 1.82) is 0 Å². The maximum absolute atomic E-state index is 12.6. The Hall–Kier alpha value is -3.87. The van der Waals surface area contributed by atoms with Crippen molar-refractivity contribution < 1.29 is 9.21 Å². The number of anilines is 1. The summed E-state index contributed by atoms with van der Waals surface area (Å²) < 4.78 is 7.10. The Kier molecular flexibility index (Phi) is 4.63. The van der Waals surface area contributed by atoms with Crippen molar-refractivity contribution in [3.8, 4) is 0 Å². The Balaban J connectivity index is 1.50. The number of furan rings is 1. The molecule has 0 saturated heterocycles. The van der Waals surface area contributed by atoms with E-state index in [0.717, 1.165) is 11.0 Å². The Morgan fingerprint density at radius 2 is 1.96 bits per heavy atom. The first kappa shape index (κ1) is 17.5. The zero-order valence-electron chi connectivity index (χ0n) is 15.2.